The number of aromatic amines is 1. The van der Waals surface area contributed by atoms with Crippen LogP contribution in [0.4, 0.5) is 8.78 Å². The van der Waals surface area contributed by atoms with Crippen molar-refractivity contribution in [2.45, 2.75) is 18.7 Å². The van der Waals surface area contributed by atoms with Crippen molar-refractivity contribution in [1.29, 1.82) is 0 Å². The van der Waals surface area contributed by atoms with Gasteiger partial charge in [-0.1, -0.05) is 15.9 Å². The lowest BCUT2D eigenvalue weighted by Crippen LogP contribution is -2.19. The number of aromatic nitrogens is 1. The Kier molecular flexibility index (Phi) is 4.80. The molecule has 0 bridgehead atoms. The van der Waals surface area contributed by atoms with Crippen molar-refractivity contribution in [3.8, 4) is 0 Å². The van der Waals surface area contributed by atoms with Gasteiger partial charge in [0.15, 0.2) is 0 Å². The fraction of sp³-hybridized carbons (Fsp3) is 0.400. The molecule has 0 amide bonds. The number of carbonyl (C=O) groups is 1. The number of carbonyl (C=O) groups excluding carboxylic acids is 1. The van der Waals surface area contributed by atoms with E-state index in [9.17, 15) is 18.4 Å². The highest BCUT2D eigenvalue weighted by Gasteiger charge is 2.23. The maximum atomic E-state index is 12.7. The normalized spacial score (nSPS) is 10.6. The quantitative estimate of drug-likeness (QED) is 0.686. The average molecular weight is 310 g/mol. The molecule has 0 aliphatic carbocycles. The zero-order chi connectivity index (χ0) is 13.0. The molecule has 1 aromatic heterocycles. The van der Waals surface area contributed by atoms with Crippen molar-refractivity contribution < 1.29 is 18.3 Å². The molecule has 7 heteroatoms. The van der Waals surface area contributed by atoms with Crippen LogP contribution < -0.4 is 5.56 Å². The monoisotopic (exact) mass is 309 g/mol. The Morgan fingerprint density at radius 2 is 2.24 bits per heavy atom. The zero-order valence-electron chi connectivity index (χ0n) is 8.93. The summed E-state index contributed by atoms with van der Waals surface area (Å²) >= 11 is 3.02. The first-order valence-corrected chi connectivity index (χ1v) is 5.90. The van der Waals surface area contributed by atoms with Crippen LogP contribution in [-0.2, 0) is 10.1 Å². The van der Waals surface area contributed by atoms with Gasteiger partial charge in [-0.05, 0) is 6.92 Å². The summed E-state index contributed by atoms with van der Waals surface area (Å²) in [4.78, 5) is 25.0. The molecule has 4 nitrogen and oxygen atoms in total. The van der Waals surface area contributed by atoms with Crippen LogP contribution >= 0.6 is 15.9 Å². The number of pyridine rings is 1. The van der Waals surface area contributed by atoms with Crippen LogP contribution in [-0.4, -0.2) is 17.6 Å². The van der Waals surface area contributed by atoms with Gasteiger partial charge in [-0.2, -0.15) is 0 Å². The van der Waals surface area contributed by atoms with E-state index >= 15 is 0 Å². The van der Waals surface area contributed by atoms with Crippen molar-refractivity contribution in [2.24, 2.45) is 0 Å². The molecular formula is C10H10BrF2NO3. The Hall–Kier alpha value is -1.24. The van der Waals surface area contributed by atoms with E-state index in [0.717, 1.165) is 0 Å². The minimum Gasteiger partial charge on any atom is -0.462 e. The van der Waals surface area contributed by atoms with E-state index in [1.54, 1.807) is 6.92 Å². The largest absolute Gasteiger partial charge is 0.462 e. The minimum absolute atomic E-state index is 0.0718. The summed E-state index contributed by atoms with van der Waals surface area (Å²) in [5.41, 5.74) is -1.48. The lowest BCUT2D eigenvalue weighted by atomic mass is 10.1. The van der Waals surface area contributed by atoms with Gasteiger partial charge in [-0.3, -0.25) is 4.79 Å². The molecule has 0 aromatic carbocycles. The first-order valence-electron chi connectivity index (χ1n) is 4.78. The maximum Gasteiger partial charge on any atom is 0.340 e. The SMILES string of the molecule is CCOC(=O)c1c(C(F)F)cc(=O)[nH]c1CBr. The summed E-state index contributed by atoms with van der Waals surface area (Å²) in [6, 6.07) is 0.711. The number of halogens is 3. The van der Waals surface area contributed by atoms with Crippen molar-refractivity contribution >= 4 is 21.9 Å². The second-order valence-corrected chi connectivity index (χ2v) is 3.66. The van der Waals surface area contributed by atoms with Gasteiger partial charge in [0.1, 0.15) is 0 Å². The van der Waals surface area contributed by atoms with Gasteiger partial charge < -0.3 is 9.72 Å². The Morgan fingerprint density at radius 3 is 2.71 bits per heavy atom. The summed E-state index contributed by atoms with van der Waals surface area (Å²) in [6.45, 7) is 1.64. The number of ether oxygens (including phenoxy) is 1. The molecule has 94 valence electrons. The molecule has 0 saturated heterocycles. The predicted octanol–water partition coefficient (Wildman–Crippen LogP) is 2.38. The third-order valence-corrected chi connectivity index (χ3v) is 2.56. The molecule has 0 aliphatic rings. The van der Waals surface area contributed by atoms with Crippen LogP contribution in [0.1, 0.15) is 35.0 Å². The van der Waals surface area contributed by atoms with Gasteiger partial charge in [0, 0.05) is 22.7 Å². The van der Waals surface area contributed by atoms with Crippen LogP contribution in [0.3, 0.4) is 0 Å². The van der Waals surface area contributed by atoms with E-state index in [2.05, 4.69) is 25.7 Å². The van der Waals surface area contributed by atoms with Crippen LogP contribution in [0.5, 0.6) is 0 Å². The molecule has 0 atom stereocenters. The fourth-order valence-corrected chi connectivity index (χ4v) is 1.77. The van der Waals surface area contributed by atoms with Crippen LogP contribution in [0.2, 0.25) is 0 Å². The molecule has 1 aromatic rings. The average Bonchev–Trinajstić information content (AvgIpc) is 2.27. The van der Waals surface area contributed by atoms with Crippen molar-refractivity contribution in [3.63, 3.8) is 0 Å². The molecule has 0 fully saturated rings. The van der Waals surface area contributed by atoms with Crippen molar-refractivity contribution in [2.75, 3.05) is 6.61 Å². The maximum absolute atomic E-state index is 12.7. The Balaban J connectivity index is 3.41. The summed E-state index contributed by atoms with van der Waals surface area (Å²) in [5, 5.41) is 0.0803. The van der Waals surface area contributed by atoms with Gasteiger partial charge in [-0.25, -0.2) is 13.6 Å². The van der Waals surface area contributed by atoms with Gasteiger partial charge in [0.25, 0.3) is 6.43 Å². The highest BCUT2D eigenvalue weighted by Crippen LogP contribution is 2.24. The fourth-order valence-electron chi connectivity index (χ4n) is 1.35. The number of H-pyrrole nitrogens is 1. The molecule has 0 spiro atoms. The molecule has 1 N–H and O–H groups in total. The van der Waals surface area contributed by atoms with Crippen molar-refractivity contribution in [1.82, 2.24) is 4.98 Å². The van der Waals surface area contributed by atoms with Gasteiger partial charge in [0.2, 0.25) is 5.56 Å². The van der Waals surface area contributed by atoms with E-state index in [-0.39, 0.29) is 23.2 Å². The highest BCUT2D eigenvalue weighted by molar-refractivity contribution is 9.08. The summed E-state index contributed by atoms with van der Waals surface area (Å²) in [7, 11) is 0. The number of nitrogens with one attached hydrogen (secondary N) is 1. The first-order chi connectivity index (χ1) is 8.01. The van der Waals surface area contributed by atoms with Gasteiger partial charge >= 0.3 is 5.97 Å². The minimum atomic E-state index is -2.91. The van der Waals surface area contributed by atoms with Gasteiger partial charge in [-0.15, -0.1) is 0 Å². The standard InChI is InChI=1S/C10H10BrF2NO3/c1-2-17-10(16)8-5(9(12)13)3-7(15)14-6(8)4-11/h3,9H,2,4H2,1H3,(H,14,15). The van der Waals surface area contributed by atoms with E-state index in [1.807, 2.05) is 0 Å². The molecule has 1 heterocycles. The first kappa shape index (κ1) is 13.8. The third-order valence-electron chi connectivity index (χ3n) is 2.00. The summed E-state index contributed by atoms with van der Waals surface area (Å²) in [5.74, 6) is -0.867. The van der Waals surface area contributed by atoms with Crippen LogP contribution in [0, 0.1) is 0 Å². The number of rotatable bonds is 4. The number of alkyl halides is 3. The Labute approximate surface area is 104 Å². The van der Waals surface area contributed by atoms with Crippen LogP contribution in [0.15, 0.2) is 10.9 Å². The van der Waals surface area contributed by atoms with Crippen LogP contribution in [0.25, 0.3) is 0 Å². The molecule has 0 aliphatic heterocycles. The second kappa shape index (κ2) is 5.90. The smallest absolute Gasteiger partial charge is 0.340 e. The number of hydrogen-bond donors (Lipinski definition) is 1. The predicted molar refractivity (Wildman–Crippen MR) is 60.6 cm³/mol. The molecule has 17 heavy (non-hydrogen) atoms. The zero-order valence-corrected chi connectivity index (χ0v) is 10.5. The van der Waals surface area contributed by atoms with E-state index in [4.69, 9.17) is 0 Å². The highest BCUT2D eigenvalue weighted by atomic mass is 79.9. The van der Waals surface area contributed by atoms with E-state index in [1.165, 1.54) is 0 Å². The number of esters is 1. The van der Waals surface area contributed by atoms with Crippen molar-refractivity contribution in [3.05, 3.63) is 33.2 Å². The molecule has 0 radical (unpaired) electrons. The molecule has 1 rings (SSSR count). The lowest BCUT2D eigenvalue weighted by molar-refractivity contribution is 0.0513. The summed E-state index contributed by atoms with van der Waals surface area (Å²) in [6.07, 6.45) is -2.91. The molecular weight excluding hydrogens is 300 g/mol. The molecule has 0 unspecified atom stereocenters. The number of hydrogen-bond acceptors (Lipinski definition) is 3. The Bertz CT molecular complexity index is 473. The molecule has 0 saturated carbocycles. The lowest BCUT2D eigenvalue weighted by Gasteiger charge is -2.11. The van der Waals surface area contributed by atoms with E-state index < -0.39 is 23.5 Å². The second-order valence-electron chi connectivity index (χ2n) is 3.10. The van der Waals surface area contributed by atoms with Gasteiger partial charge in [0.05, 0.1) is 12.2 Å². The Morgan fingerprint density at radius 1 is 1.59 bits per heavy atom. The summed E-state index contributed by atoms with van der Waals surface area (Å²) < 4.78 is 30.2. The van der Waals surface area contributed by atoms with E-state index in [0.29, 0.717) is 6.07 Å². The third kappa shape index (κ3) is 3.12. The topological polar surface area (TPSA) is 59.2 Å².